The zero-order chi connectivity index (χ0) is 21.0. The van der Waals surface area contributed by atoms with E-state index in [1.807, 2.05) is 0 Å². The van der Waals surface area contributed by atoms with Gasteiger partial charge in [0.1, 0.15) is 0 Å². The third-order valence-corrected chi connectivity index (χ3v) is 9.56. The fourth-order valence-electron chi connectivity index (χ4n) is 7.48. The molecule has 0 N–H and O–H groups in total. The standard InChI is InChI=1S/C30H54/c1-3-5-6-10-26-13-15-27(16-14-26)11-7-8-12-28-19-23-30(24-20-28)29-21-17-25(9-4-2)18-22-29/h3,5,25-30H,4,6-24H2,1-2H3/b5-3+/t25-,26-,27-,28?,29-,30?. The van der Waals surface area contributed by atoms with E-state index in [2.05, 4.69) is 26.0 Å². The van der Waals surface area contributed by atoms with Crippen molar-refractivity contribution in [3.8, 4) is 0 Å². The van der Waals surface area contributed by atoms with Gasteiger partial charge in [-0.25, -0.2) is 0 Å². The van der Waals surface area contributed by atoms with E-state index in [4.69, 9.17) is 0 Å². The minimum absolute atomic E-state index is 1.04. The summed E-state index contributed by atoms with van der Waals surface area (Å²) < 4.78 is 0. The van der Waals surface area contributed by atoms with E-state index in [0.29, 0.717) is 0 Å². The monoisotopic (exact) mass is 414 g/mol. The molecule has 0 aliphatic heterocycles. The van der Waals surface area contributed by atoms with Gasteiger partial charge in [0.2, 0.25) is 0 Å². The Morgan fingerprint density at radius 3 is 1.37 bits per heavy atom. The van der Waals surface area contributed by atoms with E-state index in [0.717, 1.165) is 35.5 Å². The number of allylic oxidation sites excluding steroid dienone is 2. The predicted octanol–water partition coefficient (Wildman–Crippen LogP) is 10.1. The summed E-state index contributed by atoms with van der Waals surface area (Å²) in [5.74, 6) is 6.48. The lowest BCUT2D eigenvalue weighted by atomic mass is 9.68. The molecule has 0 saturated heterocycles. The van der Waals surface area contributed by atoms with Crippen molar-refractivity contribution in [3.63, 3.8) is 0 Å². The summed E-state index contributed by atoms with van der Waals surface area (Å²) in [5, 5.41) is 0. The molecular weight excluding hydrogens is 360 g/mol. The molecule has 3 aliphatic carbocycles. The van der Waals surface area contributed by atoms with Gasteiger partial charge in [0.15, 0.2) is 0 Å². The van der Waals surface area contributed by atoms with Crippen LogP contribution in [0.3, 0.4) is 0 Å². The third-order valence-electron chi connectivity index (χ3n) is 9.56. The molecule has 0 heterocycles. The van der Waals surface area contributed by atoms with Crippen LogP contribution < -0.4 is 0 Å². The van der Waals surface area contributed by atoms with Crippen LogP contribution in [-0.2, 0) is 0 Å². The van der Waals surface area contributed by atoms with Gasteiger partial charge in [0, 0.05) is 0 Å². The molecule has 3 rings (SSSR count). The van der Waals surface area contributed by atoms with Gasteiger partial charge in [-0.1, -0.05) is 109 Å². The fraction of sp³-hybridized carbons (Fsp3) is 0.933. The van der Waals surface area contributed by atoms with E-state index in [1.165, 1.54) is 70.6 Å². The van der Waals surface area contributed by atoms with Gasteiger partial charge < -0.3 is 0 Å². The Hall–Kier alpha value is -0.260. The Labute approximate surface area is 190 Å². The molecule has 0 nitrogen and oxygen atoms in total. The first kappa shape index (κ1) is 24.4. The Bertz CT molecular complexity index is 439. The molecule has 0 heteroatoms. The smallest absolute Gasteiger partial charge is 0.0348 e. The third kappa shape index (κ3) is 8.35. The van der Waals surface area contributed by atoms with Crippen LogP contribution in [0.5, 0.6) is 0 Å². The second-order valence-electron chi connectivity index (χ2n) is 11.7. The van der Waals surface area contributed by atoms with E-state index in [1.54, 1.807) is 57.8 Å². The first-order valence-electron chi connectivity index (χ1n) is 14.4. The molecule has 3 aliphatic rings. The van der Waals surface area contributed by atoms with Crippen molar-refractivity contribution in [3.05, 3.63) is 12.2 Å². The highest BCUT2D eigenvalue weighted by molar-refractivity contribution is 4.83. The van der Waals surface area contributed by atoms with Gasteiger partial charge in [-0.2, -0.15) is 0 Å². The van der Waals surface area contributed by atoms with Crippen LogP contribution in [0.25, 0.3) is 0 Å². The molecule has 0 bridgehead atoms. The first-order valence-corrected chi connectivity index (χ1v) is 14.4. The molecule has 30 heavy (non-hydrogen) atoms. The van der Waals surface area contributed by atoms with E-state index >= 15 is 0 Å². The summed E-state index contributed by atoms with van der Waals surface area (Å²) in [7, 11) is 0. The molecule has 0 aromatic heterocycles. The number of unbranched alkanes of at least 4 members (excludes halogenated alkanes) is 1. The second-order valence-corrected chi connectivity index (χ2v) is 11.7. The predicted molar refractivity (Wildman–Crippen MR) is 134 cm³/mol. The lowest BCUT2D eigenvalue weighted by Crippen LogP contribution is -2.25. The van der Waals surface area contributed by atoms with Crippen molar-refractivity contribution in [1.29, 1.82) is 0 Å². The second kappa shape index (κ2) is 14.0. The Morgan fingerprint density at radius 2 is 0.933 bits per heavy atom. The largest absolute Gasteiger partial charge is 0.0917 e. The molecule has 3 saturated carbocycles. The minimum atomic E-state index is 1.04. The number of rotatable bonds is 11. The van der Waals surface area contributed by atoms with Crippen molar-refractivity contribution in [1.82, 2.24) is 0 Å². The molecular formula is C30H54. The molecule has 174 valence electrons. The number of hydrogen-bond donors (Lipinski definition) is 0. The van der Waals surface area contributed by atoms with Gasteiger partial charge in [-0.3, -0.25) is 0 Å². The maximum absolute atomic E-state index is 2.37. The molecule has 0 radical (unpaired) electrons. The first-order chi connectivity index (χ1) is 14.8. The summed E-state index contributed by atoms with van der Waals surface area (Å²) >= 11 is 0. The molecule has 0 unspecified atom stereocenters. The zero-order valence-electron chi connectivity index (χ0n) is 20.8. The summed E-state index contributed by atoms with van der Waals surface area (Å²) in [5.41, 5.74) is 0. The Balaban J connectivity index is 1.19. The quantitative estimate of drug-likeness (QED) is 0.233. The average molecular weight is 415 g/mol. The number of hydrogen-bond acceptors (Lipinski definition) is 0. The molecule has 0 aromatic carbocycles. The highest BCUT2D eigenvalue weighted by Gasteiger charge is 2.30. The maximum Gasteiger partial charge on any atom is -0.0348 e. The highest BCUT2D eigenvalue weighted by Crippen LogP contribution is 2.43. The lowest BCUT2D eigenvalue weighted by Gasteiger charge is -2.38. The van der Waals surface area contributed by atoms with Crippen LogP contribution in [0.2, 0.25) is 0 Å². The van der Waals surface area contributed by atoms with Crippen molar-refractivity contribution < 1.29 is 0 Å². The van der Waals surface area contributed by atoms with Gasteiger partial charge in [0.05, 0.1) is 0 Å². The Kier molecular flexibility index (Phi) is 11.4. The van der Waals surface area contributed by atoms with Crippen LogP contribution in [0, 0.1) is 35.5 Å². The molecule has 3 fully saturated rings. The van der Waals surface area contributed by atoms with Gasteiger partial charge in [0.25, 0.3) is 0 Å². The topological polar surface area (TPSA) is 0 Å². The lowest BCUT2D eigenvalue weighted by molar-refractivity contribution is 0.140. The SMILES string of the molecule is C/C=C/CC[C@H]1CC[C@H](CCCCC2CCC([C@H]3CC[C@H](CCC)CC3)CC2)CC1. The highest BCUT2D eigenvalue weighted by atomic mass is 14.4. The molecule has 0 amide bonds. The summed E-state index contributed by atoms with van der Waals surface area (Å²) in [6.07, 6.45) is 35.0. The van der Waals surface area contributed by atoms with Gasteiger partial charge in [-0.05, 0) is 81.0 Å². The van der Waals surface area contributed by atoms with Crippen LogP contribution >= 0.6 is 0 Å². The van der Waals surface area contributed by atoms with Crippen molar-refractivity contribution in [2.24, 2.45) is 35.5 Å². The van der Waals surface area contributed by atoms with Gasteiger partial charge in [-0.15, -0.1) is 0 Å². The average Bonchev–Trinajstić information content (AvgIpc) is 2.79. The van der Waals surface area contributed by atoms with Crippen LogP contribution in [0.15, 0.2) is 12.2 Å². The summed E-state index contributed by atoms with van der Waals surface area (Å²) in [6, 6.07) is 0. The van der Waals surface area contributed by atoms with Crippen molar-refractivity contribution in [2.45, 2.75) is 142 Å². The molecule has 0 atom stereocenters. The normalized spacial score (nSPS) is 35.7. The van der Waals surface area contributed by atoms with Crippen LogP contribution in [-0.4, -0.2) is 0 Å². The minimum Gasteiger partial charge on any atom is -0.0917 e. The molecule has 0 spiro atoms. The van der Waals surface area contributed by atoms with E-state index < -0.39 is 0 Å². The zero-order valence-corrected chi connectivity index (χ0v) is 20.8. The van der Waals surface area contributed by atoms with Crippen LogP contribution in [0.1, 0.15) is 142 Å². The van der Waals surface area contributed by atoms with Crippen molar-refractivity contribution >= 4 is 0 Å². The molecule has 0 aromatic rings. The summed E-state index contributed by atoms with van der Waals surface area (Å²) in [4.78, 5) is 0. The van der Waals surface area contributed by atoms with Crippen molar-refractivity contribution in [2.75, 3.05) is 0 Å². The Morgan fingerprint density at radius 1 is 0.533 bits per heavy atom. The maximum atomic E-state index is 2.37. The summed E-state index contributed by atoms with van der Waals surface area (Å²) in [6.45, 7) is 4.52. The van der Waals surface area contributed by atoms with E-state index in [-0.39, 0.29) is 0 Å². The van der Waals surface area contributed by atoms with Crippen LogP contribution in [0.4, 0.5) is 0 Å². The van der Waals surface area contributed by atoms with E-state index in [9.17, 15) is 0 Å². The van der Waals surface area contributed by atoms with Gasteiger partial charge >= 0.3 is 0 Å². The fourth-order valence-corrected chi connectivity index (χ4v) is 7.48.